The van der Waals surface area contributed by atoms with Gasteiger partial charge in [-0.2, -0.15) is 8.42 Å². The first-order valence-electron chi connectivity index (χ1n) is 11.3. The first-order chi connectivity index (χ1) is 14.3. The number of primary amides is 1. The molecule has 1 amide bonds. The summed E-state index contributed by atoms with van der Waals surface area (Å²) in [7, 11) is -4.71. The number of hydrogen-bond acceptors (Lipinski definition) is 5. The Morgan fingerprint density at radius 2 is 1.28 bits per heavy atom. The van der Waals surface area contributed by atoms with Gasteiger partial charge in [-0.25, -0.2) is 0 Å². The van der Waals surface area contributed by atoms with E-state index in [0.717, 1.165) is 32.1 Å². The Balaban J connectivity index is -0.00000420. The molecular formula is C22H41NNa2O6S. The third-order valence-corrected chi connectivity index (χ3v) is 5.99. The molecule has 0 bridgehead atoms. The van der Waals surface area contributed by atoms with Crippen molar-refractivity contribution < 1.29 is 27.3 Å². The molecule has 178 valence electrons. The Morgan fingerprint density at radius 1 is 0.844 bits per heavy atom. The summed E-state index contributed by atoms with van der Waals surface area (Å²) in [6.45, 7) is 2.30. The van der Waals surface area contributed by atoms with Gasteiger partial charge < -0.3 is 10.5 Å². The van der Waals surface area contributed by atoms with Crippen LogP contribution in [-0.4, -0.2) is 95.8 Å². The topological polar surface area (TPSA) is 124 Å². The number of carbonyl (C=O) groups excluding carboxylic acids is 2. The van der Waals surface area contributed by atoms with Crippen LogP contribution < -0.4 is 5.73 Å². The molecule has 0 aromatic carbocycles. The Kier molecular flexibility index (Phi) is 28.7. The summed E-state index contributed by atoms with van der Waals surface area (Å²) in [4.78, 5) is 22.5. The molecule has 1 atom stereocenters. The SMILES string of the molecule is CCCCCCCCC=CCCCCCCCCOC(=O)C(CC(N)=O)S(=O)(=O)O.[Na].[Na]. The van der Waals surface area contributed by atoms with Crippen LogP contribution in [0.2, 0.25) is 0 Å². The van der Waals surface area contributed by atoms with E-state index < -0.39 is 33.7 Å². The predicted octanol–water partition coefficient (Wildman–Crippen LogP) is 3.94. The molecule has 0 saturated heterocycles. The van der Waals surface area contributed by atoms with Gasteiger partial charge in [0.2, 0.25) is 5.91 Å². The minimum absolute atomic E-state index is 0. The second-order valence-electron chi connectivity index (χ2n) is 7.78. The zero-order valence-electron chi connectivity index (χ0n) is 20.5. The minimum Gasteiger partial charge on any atom is -0.465 e. The van der Waals surface area contributed by atoms with E-state index in [9.17, 15) is 18.0 Å². The van der Waals surface area contributed by atoms with Crippen molar-refractivity contribution in [3.05, 3.63) is 12.2 Å². The van der Waals surface area contributed by atoms with Crippen LogP contribution in [-0.2, 0) is 24.4 Å². The largest absolute Gasteiger partial charge is 0.465 e. The number of hydrogen-bond donors (Lipinski definition) is 2. The summed E-state index contributed by atoms with van der Waals surface area (Å²) in [6, 6.07) is 0. The van der Waals surface area contributed by atoms with Crippen LogP contribution in [0.25, 0.3) is 0 Å². The fourth-order valence-electron chi connectivity index (χ4n) is 3.11. The van der Waals surface area contributed by atoms with Crippen molar-refractivity contribution in [3.63, 3.8) is 0 Å². The molecule has 1 unspecified atom stereocenters. The first-order valence-corrected chi connectivity index (χ1v) is 12.9. The molecule has 2 radical (unpaired) electrons. The average molecular weight is 494 g/mol. The predicted molar refractivity (Wildman–Crippen MR) is 131 cm³/mol. The van der Waals surface area contributed by atoms with Crippen LogP contribution in [0.15, 0.2) is 12.2 Å². The van der Waals surface area contributed by atoms with Crippen molar-refractivity contribution in [2.75, 3.05) is 6.61 Å². The standard InChI is InChI=1S/C22H41NO6S.2Na/c1-2-3-4-5-6-7-8-9-10-11-12-13-14-15-16-17-18-29-22(25)20(19-21(23)24)30(26,27)28;;/h9-10,20H,2-8,11-19H2,1H3,(H2,23,24)(H,26,27,28);;. The maximum atomic E-state index is 11.7. The maximum absolute atomic E-state index is 11.7. The van der Waals surface area contributed by atoms with Crippen LogP contribution >= 0.6 is 0 Å². The molecule has 32 heavy (non-hydrogen) atoms. The van der Waals surface area contributed by atoms with E-state index in [1.54, 1.807) is 0 Å². The van der Waals surface area contributed by atoms with Crippen molar-refractivity contribution in [2.24, 2.45) is 5.73 Å². The minimum atomic E-state index is -4.71. The molecule has 0 aliphatic carbocycles. The molecule has 0 aromatic heterocycles. The van der Waals surface area contributed by atoms with Gasteiger partial charge in [0.1, 0.15) is 0 Å². The molecule has 0 aliphatic heterocycles. The Bertz CT molecular complexity index is 599. The zero-order valence-corrected chi connectivity index (χ0v) is 25.3. The van der Waals surface area contributed by atoms with Crippen molar-refractivity contribution in [2.45, 2.75) is 108 Å². The van der Waals surface area contributed by atoms with E-state index in [-0.39, 0.29) is 65.7 Å². The van der Waals surface area contributed by atoms with Crippen LogP contribution in [0, 0.1) is 0 Å². The smallest absolute Gasteiger partial charge is 0.327 e. The molecule has 0 aliphatic rings. The number of nitrogens with two attached hydrogens (primary N) is 1. The number of allylic oxidation sites excluding steroid dienone is 2. The molecule has 0 fully saturated rings. The number of rotatable bonds is 20. The monoisotopic (exact) mass is 493 g/mol. The zero-order chi connectivity index (χ0) is 22.7. The van der Waals surface area contributed by atoms with Crippen molar-refractivity contribution in [3.8, 4) is 0 Å². The summed E-state index contributed by atoms with van der Waals surface area (Å²) in [5.74, 6) is -2.13. The van der Waals surface area contributed by atoms with Gasteiger partial charge in [-0.05, 0) is 32.1 Å². The molecule has 0 spiro atoms. The van der Waals surface area contributed by atoms with E-state index in [0.29, 0.717) is 6.42 Å². The fourth-order valence-corrected chi connectivity index (χ4v) is 3.79. The number of ether oxygens (including phenoxy) is 1. The van der Waals surface area contributed by atoms with Crippen molar-refractivity contribution in [1.82, 2.24) is 0 Å². The Hall–Kier alpha value is 0.590. The number of carbonyl (C=O) groups is 2. The average Bonchev–Trinajstić information content (AvgIpc) is 2.67. The van der Waals surface area contributed by atoms with Gasteiger partial charge in [0.25, 0.3) is 10.1 Å². The third kappa shape index (κ3) is 23.7. The van der Waals surface area contributed by atoms with E-state index >= 15 is 0 Å². The molecule has 7 nitrogen and oxygen atoms in total. The van der Waals surface area contributed by atoms with E-state index in [1.165, 1.54) is 51.4 Å². The van der Waals surface area contributed by atoms with Gasteiger partial charge in [-0.1, -0.05) is 76.9 Å². The molecule has 0 aromatic rings. The first kappa shape index (κ1) is 37.1. The Labute approximate surface area is 239 Å². The van der Waals surface area contributed by atoms with Crippen LogP contribution in [0.3, 0.4) is 0 Å². The second kappa shape index (κ2) is 24.7. The van der Waals surface area contributed by atoms with Crippen molar-refractivity contribution in [1.29, 1.82) is 0 Å². The summed E-state index contributed by atoms with van der Waals surface area (Å²) in [6.07, 6.45) is 20.0. The summed E-state index contributed by atoms with van der Waals surface area (Å²) >= 11 is 0. The molecule has 0 saturated carbocycles. The van der Waals surface area contributed by atoms with Gasteiger partial charge in [-0.3, -0.25) is 14.1 Å². The summed E-state index contributed by atoms with van der Waals surface area (Å²) in [5.41, 5.74) is 4.90. The van der Waals surface area contributed by atoms with E-state index in [1.807, 2.05) is 0 Å². The molecule has 0 rings (SSSR count). The number of amides is 1. The summed E-state index contributed by atoms with van der Waals surface area (Å²) in [5, 5.41) is -1.94. The second-order valence-corrected chi connectivity index (χ2v) is 9.38. The normalized spacial score (nSPS) is 12.1. The van der Waals surface area contributed by atoms with Gasteiger partial charge in [0.15, 0.2) is 5.25 Å². The molecule has 3 N–H and O–H groups in total. The third-order valence-electron chi connectivity index (χ3n) is 4.91. The van der Waals surface area contributed by atoms with Crippen LogP contribution in [0.1, 0.15) is 103 Å². The van der Waals surface area contributed by atoms with Gasteiger partial charge >= 0.3 is 5.97 Å². The van der Waals surface area contributed by atoms with Crippen molar-refractivity contribution >= 4 is 81.1 Å². The maximum Gasteiger partial charge on any atom is 0.327 e. The molecule has 0 heterocycles. The van der Waals surface area contributed by atoms with E-state index in [2.05, 4.69) is 19.1 Å². The summed E-state index contributed by atoms with van der Waals surface area (Å²) < 4.78 is 36.1. The van der Waals surface area contributed by atoms with Gasteiger partial charge in [0.05, 0.1) is 13.0 Å². The van der Waals surface area contributed by atoms with Crippen LogP contribution in [0.5, 0.6) is 0 Å². The molecular weight excluding hydrogens is 452 g/mol. The quantitative estimate of drug-likeness (QED) is 0.0870. The fraction of sp³-hybridized carbons (Fsp3) is 0.818. The Morgan fingerprint density at radius 3 is 1.72 bits per heavy atom. The molecule has 10 heteroatoms. The van der Waals surface area contributed by atoms with Gasteiger partial charge in [0, 0.05) is 59.1 Å². The van der Waals surface area contributed by atoms with E-state index in [4.69, 9.17) is 15.0 Å². The number of unbranched alkanes of at least 4 members (excludes halogenated alkanes) is 12. The number of esters is 1. The van der Waals surface area contributed by atoms with Crippen LogP contribution in [0.4, 0.5) is 0 Å². The van der Waals surface area contributed by atoms with Gasteiger partial charge in [-0.15, -0.1) is 0 Å².